The number of rotatable bonds is 15. The third kappa shape index (κ3) is 9.82. The maximum Gasteiger partial charge on any atom is 0.510 e. The second kappa shape index (κ2) is 16.3. The van der Waals surface area contributed by atoms with E-state index in [-0.39, 0.29) is 17.0 Å². The fourth-order valence-corrected chi connectivity index (χ4v) is 5.40. The van der Waals surface area contributed by atoms with Crippen LogP contribution in [0.5, 0.6) is 0 Å². The molecule has 0 saturated carbocycles. The van der Waals surface area contributed by atoms with Gasteiger partial charge >= 0.3 is 19.9 Å². The van der Waals surface area contributed by atoms with Gasteiger partial charge in [0.25, 0.3) is 0 Å². The highest BCUT2D eigenvalue weighted by molar-refractivity contribution is 7.53. The monoisotopic (exact) mass is 697 g/mol. The molecule has 258 valence electrons. The highest BCUT2D eigenvalue weighted by Crippen LogP contribution is 2.48. The Morgan fingerprint density at radius 2 is 1.74 bits per heavy atom. The number of fused-ring (bicyclic) bond motifs is 1. The first-order valence-electron chi connectivity index (χ1n) is 14.2. The molecule has 0 amide bonds. The van der Waals surface area contributed by atoms with Crippen LogP contribution in [0.4, 0.5) is 15.4 Å². The molecular formula is C25H37ClN5O14P. The van der Waals surface area contributed by atoms with Gasteiger partial charge in [-0.1, -0.05) is 0 Å². The fourth-order valence-electron chi connectivity index (χ4n) is 4.26. The summed E-state index contributed by atoms with van der Waals surface area (Å²) in [6.07, 6.45) is -6.97. The van der Waals surface area contributed by atoms with Gasteiger partial charge in [-0.15, -0.1) is 0 Å². The van der Waals surface area contributed by atoms with Crippen molar-refractivity contribution >= 4 is 48.4 Å². The van der Waals surface area contributed by atoms with Gasteiger partial charge in [-0.3, -0.25) is 13.6 Å². The number of ether oxygens (including phenoxy) is 7. The van der Waals surface area contributed by atoms with E-state index in [9.17, 15) is 24.4 Å². The summed E-state index contributed by atoms with van der Waals surface area (Å²) in [5.41, 5.74) is 0.234. The van der Waals surface area contributed by atoms with Gasteiger partial charge in [0.2, 0.25) is 18.9 Å². The smallest absolute Gasteiger partial charge is 0.432 e. The first-order valence-corrected chi connectivity index (χ1v) is 16.3. The fraction of sp³-hybridized carbons (Fsp3) is 0.720. The molecule has 46 heavy (non-hydrogen) atoms. The SMILES string of the molecule is CC(C)OC(=O)OCOP(=O)(COC[C@H]1O[C@@H](n2ncc3c(N[C@H]4CCOC4)nc(Cl)nc32)[C@H](O)[C@@H]1O)OCOC(=O)OC(C)C. The molecule has 19 nitrogen and oxygen atoms in total. The van der Waals surface area contributed by atoms with Gasteiger partial charge < -0.3 is 48.7 Å². The van der Waals surface area contributed by atoms with Crippen LogP contribution in [0.15, 0.2) is 6.20 Å². The summed E-state index contributed by atoms with van der Waals surface area (Å²) >= 11 is 6.17. The lowest BCUT2D eigenvalue weighted by atomic mass is 10.1. The van der Waals surface area contributed by atoms with Crippen molar-refractivity contribution in [2.75, 3.05) is 45.1 Å². The largest absolute Gasteiger partial charge is 0.510 e. The van der Waals surface area contributed by atoms with Crippen molar-refractivity contribution < 1.29 is 66.6 Å². The van der Waals surface area contributed by atoms with Crippen molar-refractivity contribution in [3.8, 4) is 0 Å². The molecule has 0 spiro atoms. The minimum Gasteiger partial charge on any atom is -0.432 e. The Hall–Kier alpha value is -2.87. The first kappa shape index (κ1) is 36.0. The van der Waals surface area contributed by atoms with E-state index in [1.54, 1.807) is 27.7 Å². The Morgan fingerprint density at radius 1 is 1.09 bits per heavy atom. The molecule has 2 aliphatic rings. The average molecular weight is 698 g/mol. The molecule has 2 fully saturated rings. The van der Waals surface area contributed by atoms with Gasteiger partial charge in [-0.05, 0) is 45.7 Å². The molecule has 0 aliphatic carbocycles. The van der Waals surface area contributed by atoms with Crippen LogP contribution in [0.3, 0.4) is 0 Å². The van der Waals surface area contributed by atoms with E-state index in [2.05, 4.69) is 20.4 Å². The Morgan fingerprint density at radius 3 is 2.33 bits per heavy atom. The van der Waals surface area contributed by atoms with Crippen molar-refractivity contribution in [1.29, 1.82) is 0 Å². The minimum atomic E-state index is -4.26. The lowest BCUT2D eigenvalue weighted by Crippen LogP contribution is -2.34. The zero-order chi connectivity index (χ0) is 33.4. The maximum atomic E-state index is 13.3. The first-order chi connectivity index (χ1) is 21.8. The molecule has 0 bridgehead atoms. The molecule has 2 aromatic heterocycles. The van der Waals surface area contributed by atoms with Gasteiger partial charge in [0, 0.05) is 6.61 Å². The normalized spacial score (nSPS) is 23.3. The molecule has 0 unspecified atom stereocenters. The summed E-state index contributed by atoms with van der Waals surface area (Å²) in [4.78, 5) is 31.8. The summed E-state index contributed by atoms with van der Waals surface area (Å²) in [6, 6.07) is 0.0129. The number of carbonyl (C=O) groups is 2. The zero-order valence-electron chi connectivity index (χ0n) is 25.5. The number of aliphatic hydroxyl groups is 2. The van der Waals surface area contributed by atoms with Crippen molar-refractivity contribution in [1.82, 2.24) is 19.7 Å². The molecule has 4 rings (SSSR count). The summed E-state index contributed by atoms with van der Waals surface area (Å²) in [5.74, 6) is 0.420. The van der Waals surface area contributed by atoms with Crippen LogP contribution in [-0.4, -0.2) is 119 Å². The maximum absolute atomic E-state index is 13.3. The van der Waals surface area contributed by atoms with Crippen LogP contribution >= 0.6 is 19.2 Å². The van der Waals surface area contributed by atoms with Crippen LogP contribution in [0.25, 0.3) is 11.0 Å². The summed E-state index contributed by atoms with van der Waals surface area (Å²) in [7, 11) is -4.26. The van der Waals surface area contributed by atoms with Gasteiger partial charge in [-0.2, -0.15) is 15.1 Å². The lowest BCUT2D eigenvalue weighted by Gasteiger charge is -2.20. The van der Waals surface area contributed by atoms with Gasteiger partial charge in [0.1, 0.15) is 30.5 Å². The minimum absolute atomic E-state index is 0.0129. The molecular weight excluding hydrogens is 661 g/mol. The number of aliphatic hydroxyl groups excluding tert-OH is 2. The number of nitrogens with zero attached hydrogens (tertiary/aromatic N) is 4. The van der Waals surface area contributed by atoms with E-state index < -0.39 is 83.2 Å². The lowest BCUT2D eigenvalue weighted by molar-refractivity contribution is -0.0691. The predicted molar refractivity (Wildman–Crippen MR) is 155 cm³/mol. The Balaban J connectivity index is 1.38. The molecule has 5 atom stereocenters. The average Bonchev–Trinajstić information content (AvgIpc) is 3.69. The highest BCUT2D eigenvalue weighted by Gasteiger charge is 2.45. The van der Waals surface area contributed by atoms with Crippen molar-refractivity contribution in [2.24, 2.45) is 0 Å². The second-order valence-electron chi connectivity index (χ2n) is 10.6. The summed E-state index contributed by atoms with van der Waals surface area (Å²) in [6.45, 7) is 5.36. The van der Waals surface area contributed by atoms with Crippen LogP contribution in [0.2, 0.25) is 5.28 Å². The third-order valence-corrected chi connectivity index (χ3v) is 7.99. The number of nitrogens with one attached hydrogen (secondary N) is 1. The molecule has 0 radical (unpaired) electrons. The zero-order valence-corrected chi connectivity index (χ0v) is 27.1. The van der Waals surface area contributed by atoms with Crippen LogP contribution in [0.1, 0.15) is 40.3 Å². The number of hydrogen-bond acceptors (Lipinski definition) is 18. The molecule has 21 heteroatoms. The van der Waals surface area contributed by atoms with Crippen molar-refractivity contribution in [3.63, 3.8) is 0 Å². The Labute approximate surface area is 268 Å². The number of anilines is 1. The molecule has 2 saturated heterocycles. The number of hydrogen-bond donors (Lipinski definition) is 3. The van der Waals surface area contributed by atoms with Gasteiger partial charge in [0.05, 0.1) is 43.0 Å². The Kier molecular flexibility index (Phi) is 12.7. The summed E-state index contributed by atoms with van der Waals surface area (Å²) < 4.78 is 60.5. The second-order valence-corrected chi connectivity index (χ2v) is 13.0. The summed E-state index contributed by atoms with van der Waals surface area (Å²) in [5, 5.41) is 29.5. The molecule has 2 aliphatic heterocycles. The van der Waals surface area contributed by atoms with Crippen molar-refractivity contribution in [3.05, 3.63) is 11.5 Å². The topological polar surface area (TPSA) is 230 Å². The van der Waals surface area contributed by atoms with E-state index in [1.807, 2.05) is 0 Å². The molecule has 0 aromatic carbocycles. The van der Waals surface area contributed by atoms with Crippen LogP contribution in [-0.2, 0) is 46.8 Å². The van der Waals surface area contributed by atoms with Crippen molar-refractivity contribution in [2.45, 2.75) is 76.9 Å². The quantitative estimate of drug-likeness (QED) is 0.105. The van der Waals surface area contributed by atoms with E-state index in [4.69, 9.17) is 53.8 Å². The standard InChI is InChI=1S/C25H37ClN5O14P/c1-13(2)43-24(34)39-10-41-46(36,42-11-40-25(35)44-14(3)4)12-38-9-17-18(32)19(33)22(45-17)31-21-16(7-27-31)20(29-23(26)30-21)28-15-5-6-37-8-15/h7,13-15,17-19,22,32-33H,5-6,8-12H2,1-4H3,(H,28,29,30)/t15-,17+,18+,19+,22+/m0/s1. The number of carbonyl (C=O) groups excluding carboxylic acids is 2. The van der Waals surface area contributed by atoms with E-state index >= 15 is 0 Å². The predicted octanol–water partition coefficient (Wildman–Crippen LogP) is 2.54. The molecule has 4 heterocycles. The van der Waals surface area contributed by atoms with E-state index in [1.165, 1.54) is 10.9 Å². The number of halogens is 1. The van der Waals surface area contributed by atoms with Crippen LogP contribution in [0, 0.1) is 0 Å². The highest BCUT2D eigenvalue weighted by atomic mass is 35.5. The molecule has 3 N–H and O–H groups in total. The molecule has 2 aromatic rings. The third-order valence-electron chi connectivity index (χ3n) is 6.32. The van der Waals surface area contributed by atoms with Gasteiger partial charge in [-0.25, -0.2) is 14.3 Å². The van der Waals surface area contributed by atoms with Gasteiger partial charge in [0.15, 0.2) is 11.9 Å². The number of aromatic nitrogens is 4. The Bertz CT molecular complexity index is 1340. The van der Waals surface area contributed by atoms with E-state index in [0.29, 0.717) is 24.4 Å². The van der Waals surface area contributed by atoms with E-state index in [0.717, 1.165) is 6.42 Å². The van der Waals surface area contributed by atoms with Crippen LogP contribution < -0.4 is 5.32 Å².